The lowest BCUT2D eigenvalue weighted by molar-refractivity contribution is -0.105. The molecule has 0 aliphatic carbocycles. The van der Waals surface area contributed by atoms with Crippen LogP contribution in [0.25, 0.3) is 0 Å². The van der Waals surface area contributed by atoms with Gasteiger partial charge in [-0.25, -0.2) is 4.79 Å². The van der Waals surface area contributed by atoms with Crippen LogP contribution in [0.4, 0.5) is 5.69 Å². The minimum absolute atomic E-state index is 0.282. The molecule has 0 radical (unpaired) electrons. The molecule has 0 bridgehead atoms. The van der Waals surface area contributed by atoms with Crippen molar-refractivity contribution >= 4 is 29.7 Å². The molecule has 4 nitrogen and oxygen atoms in total. The summed E-state index contributed by atoms with van der Waals surface area (Å²) in [6.45, 7) is 0. The predicted molar refractivity (Wildman–Crippen MR) is 72.5 cm³/mol. The van der Waals surface area contributed by atoms with E-state index in [1.54, 1.807) is 48.5 Å². The van der Waals surface area contributed by atoms with Gasteiger partial charge in [-0.1, -0.05) is 23.7 Å². The number of amides is 1. The number of nitrogens with one attached hydrogen (secondary N) is 1. The second-order valence-corrected chi connectivity index (χ2v) is 4.09. The second-order valence-electron chi connectivity index (χ2n) is 3.65. The predicted octanol–water partition coefficient (Wildman–Crippen LogP) is 3.13. The molecule has 2 aromatic rings. The third-order valence-electron chi connectivity index (χ3n) is 2.39. The molecule has 0 aliphatic rings. The molecule has 1 N–H and O–H groups in total. The maximum absolute atomic E-state index is 12.0. The normalized spacial score (nSPS) is 9.74. The summed E-state index contributed by atoms with van der Waals surface area (Å²) in [5.74, 6) is -0.164. The van der Waals surface area contributed by atoms with E-state index >= 15 is 0 Å². The van der Waals surface area contributed by atoms with Gasteiger partial charge in [0.05, 0.1) is 11.3 Å². The van der Waals surface area contributed by atoms with Gasteiger partial charge in [0.1, 0.15) is 5.75 Å². The van der Waals surface area contributed by atoms with E-state index in [1.807, 2.05) is 0 Å². The van der Waals surface area contributed by atoms with E-state index in [9.17, 15) is 9.59 Å². The molecule has 0 saturated heterocycles. The van der Waals surface area contributed by atoms with Gasteiger partial charge in [0.2, 0.25) is 6.41 Å². The van der Waals surface area contributed by atoms with Gasteiger partial charge in [0.15, 0.2) is 0 Å². The highest BCUT2D eigenvalue weighted by Crippen LogP contribution is 2.20. The van der Waals surface area contributed by atoms with Crippen LogP contribution in [0.5, 0.6) is 5.75 Å². The van der Waals surface area contributed by atoms with Crippen LogP contribution in [0.3, 0.4) is 0 Å². The summed E-state index contributed by atoms with van der Waals surface area (Å²) in [6, 6.07) is 13.0. The molecule has 2 rings (SSSR count). The molecule has 19 heavy (non-hydrogen) atoms. The first-order valence-corrected chi connectivity index (χ1v) is 5.85. The highest BCUT2D eigenvalue weighted by molar-refractivity contribution is 6.30. The number of benzene rings is 2. The van der Waals surface area contributed by atoms with E-state index in [1.165, 1.54) is 0 Å². The van der Waals surface area contributed by atoms with Crippen LogP contribution < -0.4 is 10.1 Å². The smallest absolute Gasteiger partial charge is 0.345 e. The third-order valence-corrected chi connectivity index (χ3v) is 2.64. The van der Waals surface area contributed by atoms with E-state index in [0.717, 1.165) is 0 Å². The average Bonchev–Trinajstić information content (AvgIpc) is 2.42. The standard InChI is InChI=1S/C14H10ClNO3/c15-10-5-7-11(8-6-10)19-14(18)12-3-1-2-4-13(12)16-9-17/h1-9H,(H,16,17). The van der Waals surface area contributed by atoms with Crippen molar-refractivity contribution in [1.82, 2.24) is 0 Å². The van der Waals surface area contributed by atoms with Crippen LogP contribution in [0.2, 0.25) is 5.02 Å². The second kappa shape index (κ2) is 6.02. The van der Waals surface area contributed by atoms with Gasteiger partial charge in [0, 0.05) is 5.02 Å². The number of carbonyl (C=O) groups excluding carboxylic acids is 2. The van der Waals surface area contributed by atoms with Crippen molar-refractivity contribution < 1.29 is 14.3 Å². The molecule has 0 aromatic heterocycles. The van der Waals surface area contributed by atoms with Gasteiger partial charge < -0.3 is 10.1 Å². The Morgan fingerprint density at radius 3 is 2.47 bits per heavy atom. The van der Waals surface area contributed by atoms with Gasteiger partial charge in [-0.15, -0.1) is 0 Å². The minimum atomic E-state index is -0.549. The highest BCUT2D eigenvalue weighted by Gasteiger charge is 2.12. The number of carbonyl (C=O) groups is 2. The van der Waals surface area contributed by atoms with Crippen LogP contribution in [-0.4, -0.2) is 12.4 Å². The Morgan fingerprint density at radius 2 is 1.79 bits per heavy atom. The Balaban J connectivity index is 2.20. The SMILES string of the molecule is O=CNc1ccccc1C(=O)Oc1ccc(Cl)cc1. The summed E-state index contributed by atoms with van der Waals surface area (Å²) in [5, 5.41) is 3.01. The van der Waals surface area contributed by atoms with Crippen molar-refractivity contribution in [1.29, 1.82) is 0 Å². The summed E-state index contributed by atoms with van der Waals surface area (Å²) in [4.78, 5) is 22.5. The summed E-state index contributed by atoms with van der Waals surface area (Å²) in [6.07, 6.45) is 0.508. The quantitative estimate of drug-likeness (QED) is 0.530. The first kappa shape index (κ1) is 13.1. The molecule has 5 heteroatoms. The zero-order chi connectivity index (χ0) is 13.7. The van der Waals surface area contributed by atoms with Gasteiger partial charge in [0.25, 0.3) is 0 Å². The summed E-state index contributed by atoms with van der Waals surface area (Å²) >= 11 is 5.74. The van der Waals surface area contributed by atoms with Crippen LogP contribution in [0.1, 0.15) is 10.4 Å². The number of esters is 1. The van der Waals surface area contributed by atoms with Crippen molar-refractivity contribution in [3.05, 3.63) is 59.1 Å². The lowest BCUT2D eigenvalue weighted by atomic mass is 10.2. The zero-order valence-corrected chi connectivity index (χ0v) is 10.6. The lowest BCUT2D eigenvalue weighted by Gasteiger charge is -2.08. The molecule has 0 fully saturated rings. The Hall–Kier alpha value is -2.33. The Morgan fingerprint density at radius 1 is 1.11 bits per heavy atom. The first-order valence-electron chi connectivity index (χ1n) is 5.47. The Kier molecular flexibility index (Phi) is 4.15. The molecular weight excluding hydrogens is 266 g/mol. The largest absolute Gasteiger partial charge is 0.423 e. The Bertz CT molecular complexity index is 596. The number of ether oxygens (including phenoxy) is 1. The molecule has 0 aliphatic heterocycles. The van der Waals surface area contributed by atoms with Crippen LogP contribution in [0, 0.1) is 0 Å². The van der Waals surface area contributed by atoms with Gasteiger partial charge in [-0.2, -0.15) is 0 Å². The van der Waals surface area contributed by atoms with Crippen molar-refractivity contribution in [2.45, 2.75) is 0 Å². The number of rotatable bonds is 4. The Labute approximate surface area is 115 Å². The maximum atomic E-state index is 12.0. The number of anilines is 1. The summed E-state index contributed by atoms with van der Waals surface area (Å²) in [5.41, 5.74) is 0.681. The molecule has 0 spiro atoms. The fraction of sp³-hybridized carbons (Fsp3) is 0. The van der Waals surface area contributed by atoms with Gasteiger partial charge in [-0.05, 0) is 36.4 Å². The summed E-state index contributed by atoms with van der Waals surface area (Å²) < 4.78 is 5.19. The maximum Gasteiger partial charge on any atom is 0.345 e. The van der Waals surface area contributed by atoms with E-state index in [2.05, 4.69) is 5.32 Å². The average molecular weight is 276 g/mol. The molecule has 1 amide bonds. The minimum Gasteiger partial charge on any atom is -0.423 e. The van der Waals surface area contributed by atoms with E-state index in [0.29, 0.717) is 22.9 Å². The van der Waals surface area contributed by atoms with Crippen molar-refractivity contribution in [3.8, 4) is 5.75 Å². The van der Waals surface area contributed by atoms with E-state index in [4.69, 9.17) is 16.3 Å². The van der Waals surface area contributed by atoms with Crippen molar-refractivity contribution in [3.63, 3.8) is 0 Å². The monoisotopic (exact) mass is 275 g/mol. The highest BCUT2D eigenvalue weighted by atomic mass is 35.5. The molecule has 0 atom stereocenters. The van der Waals surface area contributed by atoms with Crippen LogP contribution >= 0.6 is 11.6 Å². The van der Waals surface area contributed by atoms with Crippen molar-refractivity contribution in [2.75, 3.05) is 5.32 Å². The number of hydrogen-bond acceptors (Lipinski definition) is 3. The van der Waals surface area contributed by atoms with E-state index in [-0.39, 0.29) is 5.56 Å². The fourth-order valence-electron chi connectivity index (χ4n) is 1.52. The molecular formula is C14H10ClNO3. The molecule has 0 heterocycles. The van der Waals surface area contributed by atoms with Crippen LogP contribution in [0.15, 0.2) is 48.5 Å². The molecule has 96 valence electrons. The van der Waals surface area contributed by atoms with E-state index < -0.39 is 5.97 Å². The van der Waals surface area contributed by atoms with Crippen LogP contribution in [-0.2, 0) is 4.79 Å². The number of halogens is 1. The van der Waals surface area contributed by atoms with Gasteiger partial charge >= 0.3 is 5.97 Å². The van der Waals surface area contributed by atoms with Gasteiger partial charge in [-0.3, -0.25) is 4.79 Å². The number of hydrogen-bond donors (Lipinski definition) is 1. The summed E-state index contributed by atoms with van der Waals surface area (Å²) in [7, 11) is 0. The van der Waals surface area contributed by atoms with Crippen molar-refractivity contribution in [2.24, 2.45) is 0 Å². The number of para-hydroxylation sites is 1. The topological polar surface area (TPSA) is 55.4 Å². The molecule has 2 aromatic carbocycles. The fourth-order valence-corrected chi connectivity index (χ4v) is 1.64. The molecule has 0 unspecified atom stereocenters. The lowest BCUT2D eigenvalue weighted by Crippen LogP contribution is -2.11. The first-order chi connectivity index (χ1) is 9.20. The zero-order valence-electron chi connectivity index (χ0n) is 9.80. The third kappa shape index (κ3) is 3.33. The molecule has 0 saturated carbocycles.